The van der Waals surface area contributed by atoms with Gasteiger partial charge >= 0.3 is 12.1 Å². The maximum Gasteiger partial charge on any atom is 0.410 e. The van der Waals surface area contributed by atoms with Crippen LogP contribution in [0.3, 0.4) is 0 Å². The molecule has 20 heavy (non-hydrogen) atoms. The molecular formula is C14H24INO4. The van der Waals surface area contributed by atoms with E-state index in [0.29, 0.717) is 13.2 Å². The molecule has 0 radical (unpaired) electrons. The number of rotatable bonds is 3. The number of hydrogen-bond acceptors (Lipinski definition) is 4. The van der Waals surface area contributed by atoms with Gasteiger partial charge in [0.15, 0.2) is 0 Å². The summed E-state index contributed by atoms with van der Waals surface area (Å²) in [5.41, 5.74) is -0.524. The number of alkyl halides is 1. The molecule has 5 nitrogen and oxygen atoms in total. The summed E-state index contributed by atoms with van der Waals surface area (Å²) < 4.78 is 11.3. The summed E-state index contributed by atoms with van der Waals surface area (Å²) in [6, 6.07) is 0.135. The summed E-state index contributed by atoms with van der Waals surface area (Å²) in [5.74, 6) is -0.449. The Hall–Kier alpha value is -0.530. The van der Waals surface area contributed by atoms with E-state index >= 15 is 0 Å². The summed E-state index contributed by atoms with van der Waals surface area (Å²) in [7, 11) is 0. The molecule has 1 amide bonds. The van der Waals surface area contributed by atoms with Crippen LogP contribution in [0.5, 0.6) is 0 Å². The Morgan fingerprint density at radius 3 is 2.45 bits per heavy atom. The van der Waals surface area contributed by atoms with E-state index in [4.69, 9.17) is 9.47 Å². The molecule has 0 aromatic heterocycles. The van der Waals surface area contributed by atoms with Crippen molar-refractivity contribution in [1.82, 2.24) is 4.90 Å². The lowest BCUT2D eigenvalue weighted by atomic mass is 9.94. The molecule has 0 aliphatic carbocycles. The maximum atomic E-state index is 12.3. The van der Waals surface area contributed by atoms with Crippen molar-refractivity contribution < 1.29 is 19.1 Å². The van der Waals surface area contributed by atoms with Crippen LogP contribution in [-0.4, -0.2) is 46.2 Å². The first-order valence-corrected chi connectivity index (χ1v) is 8.53. The molecule has 0 spiro atoms. The number of halogens is 1. The van der Waals surface area contributed by atoms with E-state index in [2.05, 4.69) is 22.6 Å². The van der Waals surface area contributed by atoms with Crippen LogP contribution in [0.1, 0.15) is 40.5 Å². The molecule has 116 valence electrons. The minimum atomic E-state index is -0.524. The van der Waals surface area contributed by atoms with E-state index in [1.54, 1.807) is 11.8 Å². The minimum Gasteiger partial charge on any atom is -0.466 e. The molecule has 1 heterocycles. The molecule has 2 atom stereocenters. The molecule has 0 aromatic carbocycles. The third-order valence-electron chi connectivity index (χ3n) is 3.13. The number of esters is 1. The van der Waals surface area contributed by atoms with E-state index in [9.17, 15) is 9.59 Å². The molecule has 1 aliphatic rings. The van der Waals surface area contributed by atoms with Gasteiger partial charge in [0.1, 0.15) is 5.60 Å². The lowest BCUT2D eigenvalue weighted by Crippen LogP contribution is -2.51. The van der Waals surface area contributed by atoms with Crippen molar-refractivity contribution in [1.29, 1.82) is 0 Å². The molecule has 0 saturated carbocycles. The van der Waals surface area contributed by atoms with Gasteiger partial charge in [-0.05, 0) is 40.5 Å². The topological polar surface area (TPSA) is 55.8 Å². The van der Waals surface area contributed by atoms with Gasteiger partial charge in [-0.15, -0.1) is 0 Å². The Morgan fingerprint density at radius 2 is 1.95 bits per heavy atom. The van der Waals surface area contributed by atoms with Crippen molar-refractivity contribution >= 4 is 34.7 Å². The van der Waals surface area contributed by atoms with Crippen molar-refractivity contribution in [3.8, 4) is 0 Å². The van der Waals surface area contributed by atoms with Gasteiger partial charge in [-0.2, -0.15) is 0 Å². The predicted octanol–water partition coefficient (Wildman–Crippen LogP) is 3.00. The molecule has 0 aromatic rings. The van der Waals surface area contributed by atoms with Crippen LogP contribution >= 0.6 is 22.6 Å². The first-order chi connectivity index (χ1) is 9.28. The Balaban J connectivity index is 2.73. The van der Waals surface area contributed by atoms with E-state index in [0.717, 1.165) is 17.3 Å². The number of nitrogens with zero attached hydrogens (tertiary/aromatic N) is 1. The quantitative estimate of drug-likeness (QED) is 0.418. The fourth-order valence-corrected chi connectivity index (χ4v) is 3.10. The Bertz CT molecular complexity index is 354. The number of carbonyl (C=O) groups excluding carboxylic acids is 2. The second-order valence-corrected chi connectivity index (χ2v) is 6.85. The minimum absolute atomic E-state index is 0.135. The van der Waals surface area contributed by atoms with Gasteiger partial charge < -0.3 is 14.4 Å². The van der Waals surface area contributed by atoms with Crippen molar-refractivity contribution in [2.45, 2.75) is 52.2 Å². The lowest BCUT2D eigenvalue weighted by molar-refractivity contribution is -0.150. The lowest BCUT2D eigenvalue weighted by Gasteiger charge is -2.38. The largest absolute Gasteiger partial charge is 0.466 e. The van der Waals surface area contributed by atoms with Crippen LogP contribution in [0.2, 0.25) is 0 Å². The van der Waals surface area contributed by atoms with Gasteiger partial charge in [0.05, 0.1) is 12.5 Å². The van der Waals surface area contributed by atoms with Gasteiger partial charge in [-0.3, -0.25) is 4.79 Å². The molecule has 0 N–H and O–H groups in total. The predicted molar refractivity (Wildman–Crippen MR) is 85.0 cm³/mol. The Kier molecular flexibility index (Phi) is 6.54. The van der Waals surface area contributed by atoms with Crippen molar-refractivity contribution in [3.63, 3.8) is 0 Å². The summed E-state index contributed by atoms with van der Waals surface area (Å²) in [5, 5.41) is 0. The van der Waals surface area contributed by atoms with Gasteiger partial charge in [-0.25, -0.2) is 4.79 Å². The van der Waals surface area contributed by atoms with E-state index < -0.39 is 5.60 Å². The first kappa shape index (κ1) is 17.5. The first-order valence-electron chi connectivity index (χ1n) is 7.00. The summed E-state index contributed by atoms with van der Waals surface area (Å²) in [6.07, 6.45) is 1.24. The van der Waals surface area contributed by atoms with Crippen LogP contribution in [0, 0.1) is 5.92 Å². The summed E-state index contributed by atoms with van der Waals surface area (Å²) in [4.78, 5) is 25.8. The third kappa shape index (κ3) is 5.10. The summed E-state index contributed by atoms with van der Waals surface area (Å²) >= 11 is 2.27. The fourth-order valence-electron chi connectivity index (χ4n) is 2.18. The Labute approximate surface area is 134 Å². The summed E-state index contributed by atoms with van der Waals surface area (Å²) in [6.45, 7) is 8.09. The molecule has 1 rings (SSSR count). The van der Waals surface area contributed by atoms with E-state index in [1.807, 2.05) is 20.8 Å². The number of piperidine rings is 1. The van der Waals surface area contributed by atoms with Gasteiger partial charge in [-0.1, -0.05) is 22.6 Å². The zero-order valence-electron chi connectivity index (χ0n) is 12.6. The SMILES string of the molecule is CCOC(=O)[C@@H]1CCC(CI)N(C(=O)OC(C)(C)C)C1. The van der Waals surface area contributed by atoms with Crippen molar-refractivity contribution in [3.05, 3.63) is 0 Å². The zero-order chi connectivity index (χ0) is 15.3. The number of amides is 1. The molecule has 1 aliphatic heterocycles. The second kappa shape index (κ2) is 7.47. The highest BCUT2D eigenvalue weighted by Gasteiger charge is 2.36. The van der Waals surface area contributed by atoms with Crippen molar-refractivity contribution in [2.75, 3.05) is 17.6 Å². The van der Waals surface area contributed by atoms with Gasteiger partial charge in [0, 0.05) is 17.0 Å². The highest BCUT2D eigenvalue weighted by molar-refractivity contribution is 14.1. The number of hydrogen-bond donors (Lipinski definition) is 0. The van der Waals surface area contributed by atoms with Crippen LogP contribution < -0.4 is 0 Å². The number of ether oxygens (including phenoxy) is 2. The van der Waals surface area contributed by atoms with Crippen LogP contribution in [0.15, 0.2) is 0 Å². The molecule has 1 unspecified atom stereocenters. The second-order valence-electron chi connectivity index (χ2n) is 5.97. The van der Waals surface area contributed by atoms with E-state index in [-0.39, 0.29) is 24.0 Å². The molecule has 0 bridgehead atoms. The van der Waals surface area contributed by atoms with Crippen LogP contribution in [0.4, 0.5) is 4.79 Å². The van der Waals surface area contributed by atoms with Crippen LogP contribution in [-0.2, 0) is 14.3 Å². The van der Waals surface area contributed by atoms with E-state index in [1.165, 1.54) is 0 Å². The molecule has 6 heteroatoms. The Morgan fingerprint density at radius 1 is 1.30 bits per heavy atom. The average Bonchev–Trinajstić information content (AvgIpc) is 2.36. The average molecular weight is 397 g/mol. The number of likely N-dealkylation sites (tertiary alicyclic amines) is 1. The third-order valence-corrected chi connectivity index (χ3v) is 4.15. The van der Waals surface area contributed by atoms with Gasteiger partial charge in [0.25, 0.3) is 0 Å². The molecular weight excluding hydrogens is 373 g/mol. The number of carbonyl (C=O) groups is 2. The standard InChI is InChI=1S/C14H24INO4/c1-5-19-12(17)10-6-7-11(8-15)16(9-10)13(18)20-14(2,3)4/h10-11H,5-9H2,1-4H3/t10-,11?/m1/s1. The normalized spacial score (nSPS) is 23.4. The smallest absolute Gasteiger partial charge is 0.410 e. The molecule has 1 fully saturated rings. The van der Waals surface area contributed by atoms with Gasteiger partial charge in [0.2, 0.25) is 0 Å². The van der Waals surface area contributed by atoms with Crippen LogP contribution in [0.25, 0.3) is 0 Å². The van der Waals surface area contributed by atoms with Crippen molar-refractivity contribution in [2.24, 2.45) is 5.92 Å². The highest BCUT2D eigenvalue weighted by Crippen LogP contribution is 2.26. The maximum absolute atomic E-state index is 12.3. The molecule has 1 saturated heterocycles. The zero-order valence-corrected chi connectivity index (χ0v) is 14.8. The fraction of sp³-hybridized carbons (Fsp3) is 0.857. The highest BCUT2D eigenvalue weighted by atomic mass is 127. The monoisotopic (exact) mass is 397 g/mol.